The monoisotopic (exact) mass is 335 g/mol. The Morgan fingerprint density at radius 1 is 1.26 bits per heavy atom. The van der Waals surface area contributed by atoms with Crippen molar-refractivity contribution in [1.82, 2.24) is 15.5 Å². The molecule has 0 radical (unpaired) electrons. The lowest BCUT2D eigenvalue weighted by molar-refractivity contribution is 0.171. The van der Waals surface area contributed by atoms with Crippen molar-refractivity contribution >= 4 is 12.4 Å². The van der Waals surface area contributed by atoms with Crippen molar-refractivity contribution in [3.8, 4) is 11.5 Å². The van der Waals surface area contributed by atoms with Gasteiger partial charge in [0.2, 0.25) is 0 Å². The maximum absolute atomic E-state index is 5.72. The fourth-order valence-corrected chi connectivity index (χ4v) is 3.01. The molecule has 2 N–H and O–H groups in total. The molecule has 2 aromatic rings. The number of hydrogen-bond acceptors (Lipinski definition) is 4. The second kappa shape index (κ2) is 6.81. The smallest absolute Gasteiger partial charge is 0.161 e. The first-order chi connectivity index (χ1) is 10.8. The number of H-pyrrole nitrogens is 1. The highest BCUT2D eigenvalue weighted by molar-refractivity contribution is 5.85. The third-order valence-electron chi connectivity index (χ3n) is 4.47. The minimum absolute atomic E-state index is 0. The van der Waals surface area contributed by atoms with E-state index in [0.717, 1.165) is 29.7 Å². The van der Waals surface area contributed by atoms with Gasteiger partial charge in [0.05, 0.1) is 6.20 Å². The summed E-state index contributed by atoms with van der Waals surface area (Å²) in [6.07, 6.45) is 4.48. The van der Waals surface area contributed by atoms with Gasteiger partial charge in [-0.15, -0.1) is 12.4 Å². The zero-order valence-corrected chi connectivity index (χ0v) is 14.0. The third kappa shape index (κ3) is 3.46. The van der Waals surface area contributed by atoms with Gasteiger partial charge < -0.3 is 14.8 Å². The molecule has 0 bridgehead atoms. The van der Waals surface area contributed by atoms with Gasteiger partial charge in [-0.05, 0) is 43.4 Å². The average Bonchev–Trinajstić information content (AvgIpc) is 3.30. The maximum atomic E-state index is 5.72. The van der Waals surface area contributed by atoms with Crippen molar-refractivity contribution in [2.45, 2.75) is 32.4 Å². The van der Waals surface area contributed by atoms with Gasteiger partial charge in [-0.1, -0.05) is 6.07 Å². The van der Waals surface area contributed by atoms with E-state index in [1.807, 2.05) is 12.3 Å². The molecule has 1 aliphatic carbocycles. The summed E-state index contributed by atoms with van der Waals surface area (Å²) >= 11 is 0. The number of hydrogen-bond donors (Lipinski definition) is 2. The highest BCUT2D eigenvalue weighted by atomic mass is 35.5. The minimum Gasteiger partial charge on any atom is -0.486 e. The molecule has 0 spiro atoms. The summed E-state index contributed by atoms with van der Waals surface area (Å²) in [4.78, 5) is 0. The molecule has 1 aromatic carbocycles. The first-order valence-corrected chi connectivity index (χ1v) is 7.93. The molecule has 6 heteroatoms. The Morgan fingerprint density at radius 2 is 2.04 bits per heavy atom. The lowest BCUT2D eigenvalue weighted by Crippen LogP contribution is -2.23. The van der Waals surface area contributed by atoms with Gasteiger partial charge in [0.15, 0.2) is 11.5 Å². The highest BCUT2D eigenvalue weighted by Crippen LogP contribution is 2.43. The van der Waals surface area contributed by atoms with Gasteiger partial charge in [0.1, 0.15) is 13.2 Å². The highest BCUT2D eigenvalue weighted by Gasteiger charge is 2.32. The van der Waals surface area contributed by atoms with E-state index in [4.69, 9.17) is 9.47 Å². The molecule has 5 nitrogen and oxygen atoms in total. The van der Waals surface area contributed by atoms with Crippen LogP contribution in [-0.4, -0.2) is 23.4 Å². The molecule has 2 heterocycles. The fourth-order valence-electron chi connectivity index (χ4n) is 3.01. The molecule has 0 amide bonds. The van der Waals surface area contributed by atoms with Crippen LogP contribution in [0.15, 0.2) is 24.4 Å². The average molecular weight is 336 g/mol. The molecular formula is C17H22ClN3O2. The van der Waals surface area contributed by atoms with Gasteiger partial charge in [-0.2, -0.15) is 5.10 Å². The fraction of sp³-hybridized carbons (Fsp3) is 0.471. The summed E-state index contributed by atoms with van der Waals surface area (Å²) in [6.45, 7) is 4.15. The van der Waals surface area contributed by atoms with Crippen LogP contribution < -0.4 is 14.8 Å². The first kappa shape index (κ1) is 16.1. The Labute approximate surface area is 142 Å². The van der Waals surface area contributed by atoms with Crippen LogP contribution in [0.2, 0.25) is 0 Å². The van der Waals surface area contributed by atoms with Crippen molar-refractivity contribution in [3.63, 3.8) is 0 Å². The molecule has 2 aliphatic rings. The molecule has 0 saturated heterocycles. The van der Waals surface area contributed by atoms with Crippen molar-refractivity contribution in [2.24, 2.45) is 5.92 Å². The quantitative estimate of drug-likeness (QED) is 0.881. The van der Waals surface area contributed by atoms with E-state index in [9.17, 15) is 0 Å². The molecule has 1 fully saturated rings. The summed E-state index contributed by atoms with van der Waals surface area (Å²) in [6, 6.07) is 6.69. The van der Waals surface area contributed by atoms with Crippen LogP contribution in [0.25, 0.3) is 0 Å². The van der Waals surface area contributed by atoms with Crippen molar-refractivity contribution < 1.29 is 9.47 Å². The Morgan fingerprint density at radius 3 is 2.74 bits per heavy atom. The van der Waals surface area contributed by atoms with Gasteiger partial charge in [-0.3, -0.25) is 5.10 Å². The normalized spacial score (nSPS) is 17.4. The molecule has 23 heavy (non-hydrogen) atoms. The largest absolute Gasteiger partial charge is 0.486 e. The van der Waals surface area contributed by atoms with Crippen LogP contribution in [0.5, 0.6) is 11.5 Å². The van der Waals surface area contributed by atoms with Gasteiger partial charge in [0.25, 0.3) is 0 Å². The Bertz CT molecular complexity index is 670. The number of aryl methyl sites for hydroxylation is 1. The van der Waals surface area contributed by atoms with Crippen molar-refractivity contribution in [1.29, 1.82) is 0 Å². The SMILES string of the molecule is Cc1[nH]ncc1CNC(c1ccc2c(c1)OCCO2)C1CC1.Cl. The summed E-state index contributed by atoms with van der Waals surface area (Å²) in [5, 5.41) is 10.8. The predicted octanol–water partition coefficient (Wildman–Crippen LogP) is 3.15. The Hall–Kier alpha value is -1.72. The van der Waals surface area contributed by atoms with E-state index in [-0.39, 0.29) is 12.4 Å². The number of halogens is 1. The number of nitrogens with one attached hydrogen (secondary N) is 2. The van der Waals surface area contributed by atoms with Gasteiger partial charge in [-0.25, -0.2) is 0 Å². The molecular weight excluding hydrogens is 314 g/mol. The van der Waals surface area contributed by atoms with Crippen LogP contribution in [0.4, 0.5) is 0 Å². The first-order valence-electron chi connectivity index (χ1n) is 7.93. The lowest BCUT2D eigenvalue weighted by Gasteiger charge is -2.23. The number of rotatable bonds is 5. The van der Waals surface area contributed by atoms with E-state index in [1.165, 1.54) is 24.0 Å². The zero-order valence-electron chi connectivity index (χ0n) is 13.2. The van der Waals surface area contributed by atoms with E-state index < -0.39 is 0 Å². The summed E-state index contributed by atoms with van der Waals surface area (Å²) in [7, 11) is 0. The number of benzene rings is 1. The lowest BCUT2D eigenvalue weighted by atomic mass is 10.0. The predicted molar refractivity (Wildman–Crippen MR) is 90.3 cm³/mol. The Balaban J connectivity index is 0.00000156. The van der Waals surface area contributed by atoms with Gasteiger partial charge >= 0.3 is 0 Å². The van der Waals surface area contributed by atoms with E-state index in [1.54, 1.807) is 0 Å². The van der Waals surface area contributed by atoms with E-state index in [0.29, 0.717) is 19.3 Å². The van der Waals surface area contributed by atoms with Gasteiger partial charge in [0, 0.05) is 23.8 Å². The molecule has 124 valence electrons. The van der Waals surface area contributed by atoms with Crippen molar-refractivity contribution in [2.75, 3.05) is 13.2 Å². The molecule has 1 aliphatic heterocycles. The Kier molecular flexibility index (Phi) is 4.78. The topological polar surface area (TPSA) is 59.2 Å². The van der Waals surface area contributed by atoms with E-state index >= 15 is 0 Å². The van der Waals surface area contributed by atoms with Crippen LogP contribution >= 0.6 is 12.4 Å². The second-order valence-electron chi connectivity index (χ2n) is 6.12. The van der Waals surface area contributed by atoms with Crippen LogP contribution in [0, 0.1) is 12.8 Å². The molecule has 4 rings (SSSR count). The molecule has 1 saturated carbocycles. The number of nitrogens with zero attached hydrogens (tertiary/aromatic N) is 1. The molecule has 1 atom stereocenters. The standard InChI is InChI=1S/C17H21N3O2.ClH/c1-11-14(10-19-20-11)9-18-17(12-2-3-12)13-4-5-15-16(8-13)22-7-6-21-15;/h4-5,8,10,12,17-18H,2-3,6-7,9H2,1H3,(H,19,20);1H. The van der Waals surface area contributed by atoms with E-state index in [2.05, 4.69) is 34.6 Å². The van der Waals surface area contributed by atoms with Crippen LogP contribution in [0.3, 0.4) is 0 Å². The van der Waals surface area contributed by atoms with Crippen LogP contribution in [-0.2, 0) is 6.54 Å². The number of aromatic amines is 1. The maximum Gasteiger partial charge on any atom is 0.161 e. The molecule has 1 aromatic heterocycles. The number of fused-ring (bicyclic) bond motifs is 1. The molecule has 1 unspecified atom stereocenters. The third-order valence-corrected chi connectivity index (χ3v) is 4.47. The summed E-state index contributed by atoms with van der Waals surface area (Å²) in [5.74, 6) is 2.45. The minimum atomic E-state index is 0. The number of aromatic nitrogens is 2. The van der Waals surface area contributed by atoms with Crippen molar-refractivity contribution in [3.05, 3.63) is 41.2 Å². The summed E-state index contributed by atoms with van der Waals surface area (Å²) < 4.78 is 11.3. The zero-order chi connectivity index (χ0) is 14.9. The second-order valence-corrected chi connectivity index (χ2v) is 6.12. The number of ether oxygens (including phenoxy) is 2. The van der Waals surface area contributed by atoms with Crippen LogP contribution in [0.1, 0.15) is 35.7 Å². The summed E-state index contributed by atoms with van der Waals surface area (Å²) in [5.41, 5.74) is 3.64.